The normalized spacial score (nSPS) is 9.77. The standard InChI is InChI=1S/C8H13BN2O2/c1-2-11-8-5-6(10)3-4-7(8)9(12)13/h3-5,11-13H,2,10H2,1H3. The van der Waals surface area contributed by atoms with Gasteiger partial charge in [-0.05, 0) is 19.1 Å². The molecule has 4 nitrogen and oxygen atoms in total. The first-order chi connectivity index (χ1) is 6.15. The third kappa shape index (κ3) is 2.37. The summed E-state index contributed by atoms with van der Waals surface area (Å²) in [5.74, 6) is 0. The molecular weight excluding hydrogens is 167 g/mol. The van der Waals surface area contributed by atoms with Crippen LogP contribution in [0.25, 0.3) is 0 Å². The zero-order valence-electron chi connectivity index (χ0n) is 7.49. The van der Waals surface area contributed by atoms with E-state index in [4.69, 9.17) is 15.8 Å². The molecular formula is C8H13BN2O2. The molecule has 0 fully saturated rings. The van der Waals surface area contributed by atoms with Gasteiger partial charge in [0.1, 0.15) is 0 Å². The predicted molar refractivity (Wildman–Crippen MR) is 54.8 cm³/mol. The van der Waals surface area contributed by atoms with Gasteiger partial charge in [-0.15, -0.1) is 0 Å². The Morgan fingerprint density at radius 1 is 1.46 bits per heavy atom. The molecule has 0 bridgehead atoms. The van der Waals surface area contributed by atoms with Crippen LogP contribution >= 0.6 is 0 Å². The number of rotatable bonds is 3. The highest BCUT2D eigenvalue weighted by Gasteiger charge is 2.15. The van der Waals surface area contributed by atoms with Crippen LogP contribution in [0.5, 0.6) is 0 Å². The average Bonchev–Trinajstić information content (AvgIpc) is 2.04. The molecule has 0 aliphatic carbocycles. The Morgan fingerprint density at radius 3 is 2.69 bits per heavy atom. The summed E-state index contributed by atoms with van der Waals surface area (Å²) in [5.41, 5.74) is 7.26. The zero-order chi connectivity index (χ0) is 9.84. The predicted octanol–water partition coefficient (Wildman–Crippen LogP) is -0.620. The number of benzene rings is 1. The van der Waals surface area contributed by atoms with Crippen molar-refractivity contribution in [1.29, 1.82) is 0 Å². The molecule has 1 aromatic carbocycles. The van der Waals surface area contributed by atoms with E-state index in [0.717, 1.165) is 0 Å². The van der Waals surface area contributed by atoms with Gasteiger partial charge in [0, 0.05) is 23.4 Å². The van der Waals surface area contributed by atoms with Crippen LogP contribution in [0.15, 0.2) is 18.2 Å². The van der Waals surface area contributed by atoms with Gasteiger partial charge in [0.15, 0.2) is 0 Å². The first kappa shape index (κ1) is 9.89. The zero-order valence-corrected chi connectivity index (χ0v) is 7.49. The van der Waals surface area contributed by atoms with Crippen molar-refractivity contribution in [3.8, 4) is 0 Å². The molecule has 0 amide bonds. The fourth-order valence-electron chi connectivity index (χ4n) is 1.14. The second kappa shape index (κ2) is 4.16. The van der Waals surface area contributed by atoms with Crippen LogP contribution in [0, 0.1) is 0 Å². The van der Waals surface area contributed by atoms with Gasteiger partial charge in [0.25, 0.3) is 0 Å². The molecule has 13 heavy (non-hydrogen) atoms. The highest BCUT2D eigenvalue weighted by atomic mass is 16.4. The van der Waals surface area contributed by atoms with Crippen molar-refractivity contribution in [2.24, 2.45) is 0 Å². The number of anilines is 2. The molecule has 1 rings (SSSR count). The van der Waals surface area contributed by atoms with E-state index in [9.17, 15) is 0 Å². The van der Waals surface area contributed by atoms with Crippen molar-refractivity contribution in [2.75, 3.05) is 17.6 Å². The van der Waals surface area contributed by atoms with E-state index in [2.05, 4.69) is 5.32 Å². The van der Waals surface area contributed by atoms with E-state index in [0.29, 0.717) is 23.4 Å². The first-order valence-corrected chi connectivity index (χ1v) is 4.14. The number of nitrogens with two attached hydrogens (primary N) is 1. The fourth-order valence-corrected chi connectivity index (χ4v) is 1.14. The monoisotopic (exact) mass is 180 g/mol. The van der Waals surface area contributed by atoms with Crippen molar-refractivity contribution in [2.45, 2.75) is 6.92 Å². The molecule has 0 aliphatic rings. The van der Waals surface area contributed by atoms with Gasteiger partial charge in [-0.2, -0.15) is 0 Å². The Kier molecular flexibility index (Phi) is 3.16. The van der Waals surface area contributed by atoms with Crippen LogP contribution in [-0.2, 0) is 0 Å². The van der Waals surface area contributed by atoms with Gasteiger partial charge >= 0.3 is 7.12 Å². The fraction of sp³-hybridized carbons (Fsp3) is 0.250. The molecule has 0 radical (unpaired) electrons. The Balaban J connectivity index is 3.03. The Bertz CT molecular complexity index is 291. The molecule has 0 saturated carbocycles. The summed E-state index contributed by atoms with van der Waals surface area (Å²) in [4.78, 5) is 0. The Hall–Kier alpha value is -1.20. The Morgan fingerprint density at radius 2 is 2.15 bits per heavy atom. The number of hydrogen-bond donors (Lipinski definition) is 4. The molecule has 5 heteroatoms. The third-order valence-corrected chi connectivity index (χ3v) is 1.72. The van der Waals surface area contributed by atoms with Crippen LogP contribution in [-0.4, -0.2) is 23.7 Å². The van der Waals surface area contributed by atoms with Crippen LogP contribution in [0.4, 0.5) is 11.4 Å². The van der Waals surface area contributed by atoms with Crippen LogP contribution in [0.3, 0.4) is 0 Å². The first-order valence-electron chi connectivity index (χ1n) is 4.14. The SMILES string of the molecule is CCNc1cc(N)ccc1B(O)O. The molecule has 0 spiro atoms. The van der Waals surface area contributed by atoms with Gasteiger partial charge in [-0.25, -0.2) is 0 Å². The summed E-state index contributed by atoms with van der Waals surface area (Å²) in [7, 11) is -1.46. The van der Waals surface area contributed by atoms with E-state index in [-0.39, 0.29) is 0 Å². The molecule has 70 valence electrons. The van der Waals surface area contributed by atoms with E-state index >= 15 is 0 Å². The topological polar surface area (TPSA) is 78.5 Å². The second-order valence-electron chi connectivity index (χ2n) is 2.75. The molecule has 1 aromatic rings. The third-order valence-electron chi connectivity index (χ3n) is 1.72. The van der Waals surface area contributed by atoms with E-state index in [1.165, 1.54) is 0 Å². The summed E-state index contributed by atoms with van der Waals surface area (Å²) < 4.78 is 0. The van der Waals surface area contributed by atoms with Crippen molar-refractivity contribution >= 4 is 24.0 Å². The molecule has 5 N–H and O–H groups in total. The second-order valence-corrected chi connectivity index (χ2v) is 2.75. The van der Waals surface area contributed by atoms with Gasteiger partial charge in [-0.3, -0.25) is 0 Å². The lowest BCUT2D eigenvalue weighted by atomic mass is 9.79. The minimum absolute atomic E-state index is 0.441. The highest BCUT2D eigenvalue weighted by Crippen LogP contribution is 2.09. The quantitative estimate of drug-likeness (QED) is 0.369. The van der Waals surface area contributed by atoms with Crippen molar-refractivity contribution in [3.05, 3.63) is 18.2 Å². The van der Waals surface area contributed by atoms with Crippen molar-refractivity contribution < 1.29 is 10.0 Å². The van der Waals surface area contributed by atoms with Gasteiger partial charge in [0.05, 0.1) is 0 Å². The Labute approximate surface area is 77.5 Å². The van der Waals surface area contributed by atoms with E-state index in [1.54, 1.807) is 18.2 Å². The van der Waals surface area contributed by atoms with Gasteiger partial charge in [0.2, 0.25) is 0 Å². The van der Waals surface area contributed by atoms with Crippen molar-refractivity contribution in [1.82, 2.24) is 0 Å². The largest absolute Gasteiger partial charge is 0.490 e. The number of nitrogen functional groups attached to an aromatic ring is 1. The summed E-state index contributed by atoms with van der Waals surface area (Å²) in [5, 5.41) is 21.0. The maximum atomic E-state index is 9.00. The molecule has 0 unspecified atom stereocenters. The minimum Gasteiger partial charge on any atom is -0.423 e. The van der Waals surface area contributed by atoms with E-state index in [1.807, 2.05) is 6.92 Å². The highest BCUT2D eigenvalue weighted by molar-refractivity contribution is 6.60. The lowest BCUT2D eigenvalue weighted by Crippen LogP contribution is -2.32. The molecule has 0 heterocycles. The average molecular weight is 180 g/mol. The number of nitrogens with one attached hydrogen (secondary N) is 1. The molecule has 0 aliphatic heterocycles. The summed E-state index contributed by atoms with van der Waals surface area (Å²) in [6.45, 7) is 2.64. The molecule has 0 saturated heterocycles. The maximum Gasteiger partial charge on any atom is 0.490 e. The van der Waals surface area contributed by atoms with Crippen molar-refractivity contribution in [3.63, 3.8) is 0 Å². The lowest BCUT2D eigenvalue weighted by Gasteiger charge is -2.10. The number of hydrogen-bond acceptors (Lipinski definition) is 4. The van der Waals surface area contributed by atoms with Crippen LogP contribution in [0.1, 0.15) is 6.92 Å². The maximum absolute atomic E-state index is 9.00. The van der Waals surface area contributed by atoms with Crippen LogP contribution in [0.2, 0.25) is 0 Å². The summed E-state index contributed by atoms with van der Waals surface area (Å²) >= 11 is 0. The van der Waals surface area contributed by atoms with E-state index < -0.39 is 7.12 Å². The van der Waals surface area contributed by atoms with Crippen LogP contribution < -0.4 is 16.5 Å². The molecule has 0 atom stereocenters. The molecule has 0 aromatic heterocycles. The summed E-state index contributed by atoms with van der Waals surface area (Å²) in [6.07, 6.45) is 0. The summed E-state index contributed by atoms with van der Waals surface area (Å²) in [6, 6.07) is 4.91. The lowest BCUT2D eigenvalue weighted by molar-refractivity contribution is 0.426. The van der Waals surface area contributed by atoms with Gasteiger partial charge < -0.3 is 21.1 Å². The van der Waals surface area contributed by atoms with Gasteiger partial charge in [-0.1, -0.05) is 6.07 Å². The smallest absolute Gasteiger partial charge is 0.423 e. The minimum atomic E-state index is -1.46.